The van der Waals surface area contributed by atoms with Crippen LogP contribution in [0.3, 0.4) is 0 Å². The topological polar surface area (TPSA) is 65.0 Å². The number of unbranched alkanes of at least 4 members (excludes halogenated alkanes) is 3. The van der Waals surface area contributed by atoms with Gasteiger partial charge in [0.2, 0.25) is 0 Å². The first-order chi connectivity index (χ1) is 16.0. The first-order valence-corrected chi connectivity index (χ1v) is 12.4. The molecule has 0 aliphatic heterocycles. The maximum Gasteiger partial charge on any atom is 0.508 e. The Hall–Kier alpha value is -2.53. The Labute approximate surface area is 198 Å². The third-order valence-corrected chi connectivity index (χ3v) is 6.37. The minimum atomic E-state index is -0.888. The number of carbonyl (C=O) groups excluding carboxylic acids is 1. The molecule has 3 rings (SSSR count). The standard InChI is InChI=1S/C28H38O5/c1-3-5-7-21-31-25-14-10-23(11-15-25)22-8-12-24(13-9-22)28(30)18-16-26(17-19-28)33-27(29)32-20-6-4-2/h8-15,26,30H,3-7,16-21H2,1-2H3. The summed E-state index contributed by atoms with van der Waals surface area (Å²) in [6, 6.07) is 16.3. The molecule has 2 aromatic carbocycles. The van der Waals surface area contributed by atoms with Crippen LogP contribution in [-0.4, -0.2) is 30.6 Å². The van der Waals surface area contributed by atoms with E-state index in [1.54, 1.807) is 0 Å². The molecule has 0 heterocycles. The van der Waals surface area contributed by atoms with Crippen molar-refractivity contribution in [3.63, 3.8) is 0 Å². The van der Waals surface area contributed by atoms with E-state index in [4.69, 9.17) is 14.2 Å². The van der Waals surface area contributed by atoms with Gasteiger partial charge in [0.05, 0.1) is 18.8 Å². The second-order valence-electron chi connectivity index (χ2n) is 8.96. The SMILES string of the molecule is CCCCCOc1ccc(-c2ccc(C3(O)CCC(OC(=O)OCCCC)CC3)cc2)cc1. The third kappa shape index (κ3) is 7.50. The van der Waals surface area contributed by atoms with Crippen molar-refractivity contribution in [3.05, 3.63) is 54.1 Å². The van der Waals surface area contributed by atoms with Crippen molar-refractivity contribution < 1.29 is 24.1 Å². The van der Waals surface area contributed by atoms with E-state index in [0.717, 1.165) is 48.3 Å². The van der Waals surface area contributed by atoms with E-state index in [0.29, 0.717) is 32.3 Å². The Morgan fingerprint density at radius 2 is 1.48 bits per heavy atom. The van der Waals surface area contributed by atoms with Gasteiger partial charge in [-0.25, -0.2) is 4.79 Å². The molecule has 1 N–H and O–H groups in total. The predicted molar refractivity (Wildman–Crippen MR) is 130 cm³/mol. The fourth-order valence-corrected chi connectivity index (χ4v) is 4.20. The average molecular weight is 455 g/mol. The smallest absolute Gasteiger partial charge is 0.494 e. The lowest BCUT2D eigenvalue weighted by Crippen LogP contribution is -2.35. The summed E-state index contributed by atoms with van der Waals surface area (Å²) in [4.78, 5) is 11.8. The van der Waals surface area contributed by atoms with E-state index in [-0.39, 0.29) is 6.10 Å². The first kappa shape index (κ1) is 25.1. The molecule has 2 aromatic rings. The van der Waals surface area contributed by atoms with Crippen LogP contribution in [-0.2, 0) is 15.1 Å². The fraction of sp³-hybridized carbons (Fsp3) is 0.536. The minimum absolute atomic E-state index is 0.193. The molecule has 0 atom stereocenters. The molecule has 180 valence electrons. The molecule has 1 saturated carbocycles. The van der Waals surface area contributed by atoms with Gasteiger partial charge in [-0.2, -0.15) is 0 Å². The van der Waals surface area contributed by atoms with Gasteiger partial charge in [-0.05, 0) is 67.3 Å². The van der Waals surface area contributed by atoms with Gasteiger partial charge in [0.25, 0.3) is 0 Å². The van der Waals surface area contributed by atoms with E-state index in [2.05, 4.69) is 31.2 Å². The van der Waals surface area contributed by atoms with Crippen LogP contribution < -0.4 is 4.74 Å². The number of benzene rings is 2. The maximum atomic E-state index is 11.8. The summed E-state index contributed by atoms with van der Waals surface area (Å²) in [6.07, 6.45) is 6.86. The Morgan fingerprint density at radius 1 is 0.879 bits per heavy atom. The molecule has 1 aliphatic carbocycles. The molecule has 1 aliphatic rings. The van der Waals surface area contributed by atoms with Crippen molar-refractivity contribution in [2.75, 3.05) is 13.2 Å². The number of rotatable bonds is 11. The van der Waals surface area contributed by atoms with Crippen LogP contribution in [0.5, 0.6) is 5.75 Å². The molecule has 0 spiro atoms. The van der Waals surface area contributed by atoms with Crippen molar-refractivity contribution in [1.82, 2.24) is 0 Å². The monoisotopic (exact) mass is 454 g/mol. The van der Waals surface area contributed by atoms with Gasteiger partial charge in [0.1, 0.15) is 11.9 Å². The summed E-state index contributed by atoms with van der Waals surface area (Å²) in [5, 5.41) is 11.2. The van der Waals surface area contributed by atoms with Crippen LogP contribution in [0.2, 0.25) is 0 Å². The van der Waals surface area contributed by atoms with Crippen molar-refractivity contribution >= 4 is 6.16 Å². The van der Waals surface area contributed by atoms with Gasteiger partial charge >= 0.3 is 6.16 Å². The Bertz CT molecular complexity index is 836. The van der Waals surface area contributed by atoms with Crippen LogP contribution in [0.1, 0.15) is 77.2 Å². The molecular weight excluding hydrogens is 416 g/mol. The largest absolute Gasteiger partial charge is 0.508 e. The summed E-state index contributed by atoms with van der Waals surface area (Å²) >= 11 is 0. The van der Waals surface area contributed by atoms with Gasteiger partial charge in [0, 0.05) is 0 Å². The van der Waals surface area contributed by atoms with E-state index in [9.17, 15) is 9.90 Å². The number of ether oxygens (including phenoxy) is 3. The molecular formula is C28H38O5. The quantitative estimate of drug-likeness (QED) is 0.292. The van der Waals surface area contributed by atoms with Crippen LogP contribution in [0, 0.1) is 0 Å². The van der Waals surface area contributed by atoms with Crippen LogP contribution in [0.25, 0.3) is 11.1 Å². The highest BCUT2D eigenvalue weighted by Crippen LogP contribution is 2.39. The molecule has 0 radical (unpaired) electrons. The van der Waals surface area contributed by atoms with Gasteiger partial charge in [-0.1, -0.05) is 69.5 Å². The van der Waals surface area contributed by atoms with E-state index in [1.807, 2.05) is 31.2 Å². The Balaban J connectivity index is 1.51. The number of aliphatic hydroxyl groups is 1. The van der Waals surface area contributed by atoms with E-state index < -0.39 is 11.8 Å². The number of carbonyl (C=O) groups is 1. The molecule has 5 heteroatoms. The van der Waals surface area contributed by atoms with Crippen molar-refractivity contribution in [1.29, 1.82) is 0 Å². The lowest BCUT2D eigenvalue weighted by molar-refractivity contribution is -0.0537. The zero-order valence-electron chi connectivity index (χ0n) is 20.1. The van der Waals surface area contributed by atoms with E-state index >= 15 is 0 Å². The molecule has 5 nitrogen and oxygen atoms in total. The highest BCUT2D eigenvalue weighted by atomic mass is 16.7. The molecule has 0 bridgehead atoms. The van der Waals surface area contributed by atoms with Crippen molar-refractivity contribution in [3.8, 4) is 16.9 Å². The summed E-state index contributed by atoms with van der Waals surface area (Å²) in [5.41, 5.74) is 2.24. The molecule has 0 unspecified atom stereocenters. The summed E-state index contributed by atoms with van der Waals surface area (Å²) in [6.45, 7) is 5.38. The fourth-order valence-electron chi connectivity index (χ4n) is 4.20. The van der Waals surface area contributed by atoms with Gasteiger partial charge in [0.15, 0.2) is 0 Å². The lowest BCUT2D eigenvalue weighted by Gasteiger charge is -2.36. The van der Waals surface area contributed by atoms with Crippen molar-refractivity contribution in [2.24, 2.45) is 0 Å². The van der Waals surface area contributed by atoms with Crippen LogP contribution in [0.15, 0.2) is 48.5 Å². The highest BCUT2D eigenvalue weighted by molar-refractivity contribution is 5.64. The van der Waals surface area contributed by atoms with E-state index in [1.165, 1.54) is 12.8 Å². The van der Waals surface area contributed by atoms with Crippen molar-refractivity contribution in [2.45, 2.75) is 83.3 Å². The van der Waals surface area contributed by atoms with Crippen LogP contribution >= 0.6 is 0 Å². The molecule has 0 aromatic heterocycles. The molecule has 33 heavy (non-hydrogen) atoms. The maximum absolute atomic E-state index is 11.8. The average Bonchev–Trinajstić information content (AvgIpc) is 2.84. The Kier molecular flexibility index (Phi) is 9.61. The molecule has 1 fully saturated rings. The summed E-state index contributed by atoms with van der Waals surface area (Å²) in [5.74, 6) is 0.897. The minimum Gasteiger partial charge on any atom is -0.494 e. The highest BCUT2D eigenvalue weighted by Gasteiger charge is 2.36. The lowest BCUT2D eigenvalue weighted by atomic mass is 9.78. The number of hydrogen-bond acceptors (Lipinski definition) is 5. The zero-order valence-corrected chi connectivity index (χ0v) is 20.1. The summed E-state index contributed by atoms with van der Waals surface area (Å²) < 4.78 is 16.3. The van der Waals surface area contributed by atoms with Gasteiger partial charge in [-0.3, -0.25) is 0 Å². The number of hydrogen-bond donors (Lipinski definition) is 1. The molecule has 0 saturated heterocycles. The zero-order chi connectivity index (χ0) is 23.5. The summed E-state index contributed by atoms with van der Waals surface area (Å²) in [7, 11) is 0. The second kappa shape index (κ2) is 12.6. The first-order valence-electron chi connectivity index (χ1n) is 12.4. The molecule has 0 amide bonds. The third-order valence-electron chi connectivity index (χ3n) is 6.37. The van der Waals surface area contributed by atoms with Gasteiger partial charge < -0.3 is 19.3 Å². The predicted octanol–water partition coefficient (Wildman–Crippen LogP) is 7.01. The Morgan fingerprint density at radius 3 is 2.09 bits per heavy atom. The van der Waals surface area contributed by atoms with Crippen LogP contribution in [0.4, 0.5) is 4.79 Å². The van der Waals surface area contributed by atoms with Gasteiger partial charge in [-0.15, -0.1) is 0 Å². The second-order valence-corrected chi connectivity index (χ2v) is 8.96. The normalized spacial score (nSPS) is 20.3.